The number of nitro groups is 1. The van der Waals surface area contributed by atoms with Gasteiger partial charge in [-0.15, -0.1) is 0 Å². The van der Waals surface area contributed by atoms with Crippen molar-refractivity contribution in [2.45, 2.75) is 0 Å². The fourth-order valence-electron chi connectivity index (χ4n) is 2.41. The average Bonchev–Trinajstić information content (AvgIpc) is 2.46. The van der Waals surface area contributed by atoms with Gasteiger partial charge < -0.3 is 15.4 Å². The zero-order valence-corrected chi connectivity index (χ0v) is 11.0. The van der Waals surface area contributed by atoms with Crippen LogP contribution in [0.5, 0.6) is 5.75 Å². The van der Waals surface area contributed by atoms with Crippen LogP contribution in [0.3, 0.4) is 0 Å². The van der Waals surface area contributed by atoms with Crippen LogP contribution in [0.25, 0.3) is 21.8 Å². The highest BCUT2D eigenvalue weighted by molar-refractivity contribution is 6.03. The predicted molar refractivity (Wildman–Crippen MR) is 79.9 cm³/mol. The first-order valence-corrected chi connectivity index (χ1v) is 6.17. The lowest BCUT2D eigenvalue weighted by Crippen LogP contribution is -2.08. The third-order valence-corrected chi connectivity index (χ3v) is 3.38. The Kier molecular flexibility index (Phi) is 2.76. The molecule has 7 heteroatoms. The minimum Gasteiger partial charge on any atom is -0.508 e. The fourth-order valence-corrected chi connectivity index (χ4v) is 2.41. The van der Waals surface area contributed by atoms with E-state index in [9.17, 15) is 20.0 Å². The number of aromatic hydroxyl groups is 1. The maximum atomic E-state index is 12.6. The van der Waals surface area contributed by atoms with Gasteiger partial charge in [0, 0.05) is 24.2 Å². The van der Waals surface area contributed by atoms with E-state index in [0.29, 0.717) is 11.2 Å². The summed E-state index contributed by atoms with van der Waals surface area (Å²) >= 11 is 0. The molecular formula is C14H11N3O4. The van der Waals surface area contributed by atoms with Crippen LogP contribution in [0, 0.1) is 10.1 Å². The van der Waals surface area contributed by atoms with Crippen molar-refractivity contribution in [3.8, 4) is 5.75 Å². The number of anilines is 1. The minimum absolute atomic E-state index is 0.0382. The molecule has 7 nitrogen and oxygen atoms in total. The van der Waals surface area contributed by atoms with Gasteiger partial charge in [0.2, 0.25) is 0 Å². The Balaban J connectivity index is 2.60. The molecule has 3 rings (SSSR count). The molecule has 0 unspecified atom stereocenters. The van der Waals surface area contributed by atoms with Gasteiger partial charge in [0.25, 0.3) is 5.69 Å². The van der Waals surface area contributed by atoms with Gasteiger partial charge in [-0.1, -0.05) is 0 Å². The SMILES string of the molecule is CNc1ccc([N+](=O)[O-])c2[nH]c3ccc(O)cc3c(=O)c12. The molecule has 106 valence electrons. The van der Waals surface area contributed by atoms with E-state index in [0.717, 1.165) is 0 Å². The van der Waals surface area contributed by atoms with E-state index in [4.69, 9.17) is 0 Å². The molecule has 0 aliphatic heterocycles. The first kappa shape index (κ1) is 12.9. The number of nitro benzene ring substituents is 1. The molecule has 0 fully saturated rings. The second kappa shape index (κ2) is 4.48. The highest BCUT2D eigenvalue weighted by Crippen LogP contribution is 2.30. The molecule has 1 heterocycles. The number of benzene rings is 2. The molecule has 3 aromatic rings. The number of rotatable bonds is 2. The van der Waals surface area contributed by atoms with Crippen molar-refractivity contribution in [1.29, 1.82) is 0 Å². The van der Waals surface area contributed by atoms with Crippen LogP contribution in [0.4, 0.5) is 11.4 Å². The summed E-state index contributed by atoms with van der Waals surface area (Å²) in [6, 6.07) is 7.10. The van der Waals surface area contributed by atoms with Crippen molar-refractivity contribution < 1.29 is 10.0 Å². The standard InChI is InChI=1S/C14H11N3O4/c1-15-10-4-5-11(17(20)21)13-12(10)14(19)8-6-7(18)2-3-9(8)16-13/h2-6,15,18H,1H3,(H,16,19). The monoisotopic (exact) mass is 285 g/mol. The van der Waals surface area contributed by atoms with E-state index in [1.165, 1.54) is 30.3 Å². The largest absolute Gasteiger partial charge is 0.508 e. The quantitative estimate of drug-likeness (QED) is 0.380. The number of aromatic nitrogens is 1. The Morgan fingerprint density at radius 2 is 2.05 bits per heavy atom. The second-order valence-electron chi connectivity index (χ2n) is 4.57. The zero-order chi connectivity index (χ0) is 15.1. The van der Waals surface area contributed by atoms with Gasteiger partial charge in [-0.2, -0.15) is 0 Å². The van der Waals surface area contributed by atoms with Gasteiger partial charge >= 0.3 is 0 Å². The Morgan fingerprint density at radius 3 is 2.71 bits per heavy atom. The summed E-state index contributed by atoms with van der Waals surface area (Å²) in [5.41, 5.74) is 0.539. The average molecular weight is 285 g/mol. The maximum Gasteiger partial charge on any atom is 0.293 e. The van der Waals surface area contributed by atoms with Crippen molar-refractivity contribution >= 4 is 33.2 Å². The predicted octanol–water partition coefficient (Wildman–Crippen LogP) is 2.34. The molecule has 0 bridgehead atoms. The molecule has 0 aliphatic carbocycles. The number of fused-ring (bicyclic) bond motifs is 2. The summed E-state index contributed by atoms with van der Waals surface area (Å²) in [7, 11) is 1.63. The minimum atomic E-state index is -0.538. The Morgan fingerprint density at radius 1 is 1.29 bits per heavy atom. The lowest BCUT2D eigenvalue weighted by Gasteiger charge is -2.08. The van der Waals surface area contributed by atoms with Crippen LogP contribution in [0.2, 0.25) is 0 Å². The summed E-state index contributed by atoms with van der Waals surface area (Å²) in [5, 5.41) is 24.0. The van der Waals surface area contributed by atoms with Gasteiger partial charge in [0.15, 0.2) is 5.43 Å². The molecule has 2 aromatic carbocycles. The van der Waals surface area contributed by atoms with E-state index < -0.39 is 4.92 Å². The number of phenolic OH excluding ortho intramolecular Hbond substituents is 1. The molecule has 3 N–H and O–H groups in total. The summed E-state index contributed by atoms with van der Waals surface area (Å²) in [4.78, 5) is 26.1. The number of hydrogen-bond acceptors (Lipinski definition) is 5. The van der Waals surface area contributed by atoms with Crippen molar-refractivity contribution in [2.24, 2.45) is 0 Å². The lowest BCUT2D eigenvalue weighted by atomic mass is 10.1. The summed E-state index contributed by atoms with van der Waals surface area (Å²) in [5.74, 6) is -0.0382. The molecule has 0 saturated heterocycles. The maximum absolute atomic E-state index is 12.6. The third kappa shape index (κ3) is 1.86. The number of phenols is 1. The first-order chi connectivity index (χ1) is 10.0. The Labute approximate surface area is 118 Å². The second-order valence-corrected chi connectivity index (χ2v) is 4.57. The highest BCUT2D eigenvalue weighted by atomic mass is 16.6. The van der Waals surface area contributed by atoms with Crippen LogP contribution in [-0.4, -0.2) is 22.1 Å². The number of non-ortho nitro benzene ring substituents is 1. The third-order valence-electron chi connectivity index (χ3n) is 3.38. The molecule has 0 aliphatic rings. The van der Waals surface area contributed by atoms with Crippen molar-refractivity contribution in [3.05, 3.63) is 50.7 Å². The van der Waals surface area contributed by atoms with Crippen LogP contribution < -0.4 is 10.7 Å². The summed E-state index contributed by atoms with van der Waals surface area (Å²) in [6.45, 7) is 0. The van der Waals surface area contributed by atoms with Gasteiger partial charge in [-0.3, -0.25) is 14.9 Å². The Hall–Kier alpha value is -3.09. The normalized spacial score (nSPS) is 10.9. The molecule has 0 saturated carbocycles. The molecule has 0 spiro atoms. The number of H-pyrrole nitrogens is 1. The van der Waals surface area contributed by atoms with E-state index in [1.54, 1.807) is 7.05 Å². The molecule has 0 amide bonds. The van der Waals surface area contributed by atoms with Gasteiger partial charge in [-0.05, 0) is 24.3 Å². The number of nitrogens with zero attached hydrogens (tertiary/aromatic N) is 1. The van der Waals surface area contributed by atoms with Crippen LogP contribution >= 0.6 is 0 Å². The van der Waals surface area contributed by atoms with E-state index >= 15 is 0 Å². The van der Waals surface area contributed by atoms with Gasteiger partial charge in [-0.25, -0.2) is 0 Å². The Bertz CT molecular complexity index is 946. The number of nitrogens with one attached hydrogen (secondary N) is 2. The number of hydrogen-bond donors (Lipinski definition) is 3. The fraction of sp³-hybridized carbons (Fsp3) is 0.0714. The van der Waals surface area contributed by atoms with Gasteiger partial charge in [0.05, 0.1) is 15.8 Å². The van der Waals surface area contributed by atoms with Gasteiger partial charge in [0.1, 0.15) is 11.3 Å². The zero-order valence-electron chi connectivity index (χ0n) is 11.0. The van der Waals surface area contributed by atoms with E-state index in [1.807, 2.05) is 0 Å². The highest BCUT2D eigenvalue weighted by Gasteiger charge is 2.18. The van der Waals surface area contributed by atoms with E-state index in [-0.39, 0.29) is 33.2 Å². The molecule has 1 aromatic heterocycles. The first-order valence-electron chi connectivity index (χ1n) is 6.17. The molecular weight excluding hydrogens is 274 g/mol. The lowest BCUT2D eigenvalue weighted by molar-refractivity contribution is -0.383. The number of aromatic amines is 1. The smallest absolute Gasteiger partial charge is 0.293 e. The van der Waals surface area contributed by atoms with Crippen LogP contribution in [0.15, 0.2) is 35.1 Å². The molecule has 0 radical (unpaired) electrons. The summed E-state index contributed by atoms with van der Waals surface area (Å²) in [6.07, 6.45) is 0. The van der Waals surface area contributed by atoms with Crippen molar-refractivity contribution in [1.82, 2.24) is 4.98 Å². The topological polar surface area (TPSA) is 108 Å². The van der Waals surface area contributed by atoms with E-state index in [2.05, 4.69) is 10.3 Å². The van der Waals surface area contributed by atoms with Crippen molar-refractivity contribution in [3.63, 3.8) is 0 Å². The molecule has 21 heavy (non-hydrogen) atoms. The number of pyridine rings is 1. The molecule has 0 atom stereocenters. The van der Waals surface area contributed by atoms with Crippen molar-refractivity contribution in [2.75, 3.05) is 12.4 Å². The van der Waals surface area contributed by atoms with Crippen LogP contribution in [-0.2, 0) is 0 Å². The summed E-state index contributed by atoms with van der Waals surface area (Å²) < 4.78 is 0. The van der Waals surface area contributed by atoms with Crippen LogP contribution in [0.1, 0.15) is 0 Å².